The van der Waals surface area contributed by atoms with Crippen molar-refractivity contribution in [2.24, 2.45) is 0 Å². The summed E-state index contributed by atoms with van der Waals surface area (Å²) in [5, 5.41) is 8.84. The second kappa shape index (κ2) is 18.4. The molecular formula is C32H44Cl2P2Zr. The number of benzene rings is 2. The van der Waals surface area contributed by atoms with Crippen LogP contribution in [0, 0.1) is 0 Å². The van der Waals surface area contributed by atoms with Crippen LogP contribution in [0.15, 0.2) is 72.8 Å². The molecule has 0 amide bonds. The summed E-state index contributed by atoms with van der Waals surface area (Å²) in [6, 6.07) is 27.1. The molecule has 0 nitrogen and oxygen atoms in total. The number of hydrogen-bond donors (Lipinski definition) is 0. The molecule has 0 saturated carbocycles. The van der Waals surface area contributed by atoms with Gasteiger partial charge in [-0.3, -0.25) is 0 Å². The first-order valence-electron chi connectivity index (χ1n) is 13.7. The Morgan fingerprint density at radius 2 is 1.11 bits per heavy atom. The predicted molar refractivity (Wildman–Crippen MR) is 174 cm³/mol. The summed E-state index contributed by atoms with van der Waals surface area (Å²) in [5.74, 6) is 0. The maximum absolute atomic E-state index is 4.93. The van der Waals surface area contributed by atoms with E-state index in [0.717, 1.165) is 11.3 Å². The van der Waals surface area contributed by atoms with E-state index in [-0.39, 0.29) is 15.8 Å². The molecule has 0 saturated heterocycles. The molecule has 0 atom stereocenters. The first kappa shape index (κ1) is 33.2. The van der Waals surface area contributed by atoms with Crippen LogP contribution in [-0.2, 0) is 20.8 Å². The molecule has 37 heavy (non-hydrogen) atoms. The van der Waals surface area contributed by atoms with Crippen LogP contribution in [0.2, 0.25) is 0 Å². The number of hydrogen-bond acceptors (Lipinski definition) is 0. The van der Waals surface area contributed by atoms with E-state index in [9.17, 15) is 0 Å². The SMILES string of the molecule is CC(C)P(c1cc2ccccc2[cH-]1)C(C)C.CCCCP(CCCC)c1cc2ccccc2[cH-]1.[Cl][Zr+2][Cl]. The molecule has 0 unspecified atom stereocenters. The van der Waals surface area contributed by atoms with E-state index in [1.165, 1.54) is 59.6 Å². The molecule has 0 heterocycles. The second-order valence-electron chi connectivity index (χ2n) is 10.0. The zero-order valence-electron chi connectivity index (χ0n) is 23.5. The van der Waals surface area contributed by atoms with E-state index in [4.69, 9.17) is 17.0 Å². The summed E-state index contributed by atoms with van der Waals surface area (Å²) in [5.41, 5.74) is 1.54. The number of fused-ring (bicyclic) bond motifs is 2. The molecule has 0 spiro atoms. The number of rotatable bonds is 10. The summed E-state index contributed by atoms with van der Waals surface area (Å²) < 4.78 is 0. The fourth-order valence-corrected chi connectivity index (χ4v) is 10.6. The summed E-state index contributed by atoms with van der Waals surface area (Å²) >= 11 is -0.826. The van der Waals surface area contributed by atoms with Crippen molar-refractivity contribution in [1.29, 1.82) is 0 Å². The molecule has 0 aliphatic heterocycles. The van der Waals surface area contributed by atoms with Crippen LogP contribution < -0.4 is 10.6 Å². The van der Waals surface area contributed by atoms with Gasteiger partial charge in [0.2, 0.25) is 0 Å². The molecule has 0 fully saturated rings. The molecule has 200 valence electrons. The zero-order valence-corrected chi connectivity index (χ0v) is 29.2. The van der Waals surface area contributed by atoms with E-state index < -0.39 is 20.8 Å². The fourth-order valence-electron chi connectivity index (χ4n) is 4.86. The van der Waals surface area contributed by atoms with Crippen molar-refractivity contribution < 1.29 is 20.8 Å². The molecule has 0 radical (unpaired) electrons. The fraction of sp³-hybridized carbons (Fsp3) is 0.438. The van der Waals surface area contributed by atoms with E-state index in [0.29, 0.717) is 0 Å². The van der Waals surface area contributed by atoms with Crippen LogP contribution in [0.5, 0.6) is 0 Å². The van der Waals surface area contributed by atoms with Gasteiger partial charge in [0.15, 0.2) is 0 Å². The molecule has 0 aliphatic carbocycles. The van der Waals surface area contributed by atoms with Crippen molar-refractivity contribution in [2.75, 3.05) is 12.3 Å². The molecule has 0 aromatic heterocycles. The summed E-state index contributed by atoms with van der Waals surface area (Å²) in [7, 11) is 9.93. The molecule has 5 heteroatoms. The topological polar surface area (TPSA) is 0 Å². The van der Waals surface area contributed by atoms with Crippen molar-refractivity contribution >= 4 is 65.0 Å². The van der Waals surface area contributed by atoms with Gasteiger partial charge in [-0.15, -0.1) is 80.7 Å². The Bertz CT molecular complexity index is 1070. The van der Waals surface area contributed by atoms with Crippen LogP contribution >= 0.6 is 32.9 Å². The van der Waals surface area contributed by atoms with Gasteiger partial charge in [0.1, 0.15) is 0 Å². The quantitative estimate of drug-likeness (QED) is 0.118. The van der Waals surface area contributed by atoms with E-state index in [1.54, 1.807) is 10.6 Å². The number of unbranched alkanes of at least 4 members (excludes halogenated alkanes) is 2. The third kappa shape index (κ3) is 10.8. The minimum atomic E-state index is -0.826. The van der Waals surface area contributed by atoms with Crippen LogP contribution in [0.25, 0.3) is 21.5 Å². The van der Waals surface area contributed by atoms with Crippen LogP contribution in [-0.4, -0.2) is 23.6 Å². The molecule has 4 rings (SSSR count). The maximum atomic E-state index is 4.93. The Kier molecular flexibility index (Phi) is 16.5. The van der Waals surface area contributed by atoms with Gasteiger partial charge in [0, 0.05) is 0 Å². The van der Waals surface area contributed by atoms with Gasteiger partial charge in [-0.05, 0) is 36.5 Å². The summed E-state index contributed by atoms with van der Waals surface area (Å²) in [6.45, 7) is 14.0. The summed E-state index contributed by atoms with van der Waals surface area (Å²) in [6.07, 6.45) is 8.26. The Morgan fingerprint density at radius 1 is 0.703 bits per heavy atom. The predicted octanol–water partition coefficient (Wildman–Crippen LogP) is 11.1. The van der Waals surface area contributed by atoms with E-state index in [1.807, 2.05) is 0 Å². The molecule has 0 bridgehead atoms. The number of halogens is 2. The minimum absolute atomic E-state index is 0.0206. The first-order chi connectivity index (χ1) is 17.9. The van der Waals surface area contributed by atoms with Gasteiger partial charge >= 0.3 is 37.9 Å². The van der Waals surface area contributed by atoms with Crippen LogP contribution in [0.3, 0.4) is 0 Å². The van der Waals surface area contributed by atoms with Gasteiger partial charge in [-0.2, -0.15) is 12.1 Å². The van der Waals surface area contributed by atoms with Gasteiger partial charge in [0.05, 0.1) is 0 Å². The Balaban J connectivity index is 0.000000237. The molecule has 4 aromatic carbocycles. The van der Waals surface area contributed by atoms with Gasteiger partial charge in [0.25, 0.3) is 0 Å². The molecule has 4 aromatic rings. The monoisotopic (exact) mass is 650 g/mol. The van der Waals surface area contributed by atoms with Crippen molar-refractivity contribution in [3.8, 4) is 0 Å². The van der Waals surface area contributed by atoms with Crippen LogP contribution in [0.4, 0.5) is 0 Å². The van der Waals surface area contributed by atoms with Crippen molar-refractivity contribution in [3.05, 3.63) is 72.8 Å². The first-order valence-corrected chi connectivity index (χ1v) is 23.2. The Hall–Kier alpha value is -0.0169. The third-order valence-corrected chi connectivity index (χ3v) is 12.3. The van der Waals surface area contributed by atoms with Crippen molar-refractivity contribution in [1.82, 2.24) is 0 Å². The molecular weight excluding hydrogens is 608 g/mol. The average molecular weight is 653 g/mol. The Labute approximate surface area is 247 Å². The van der Waals surface area contributed by atoms with E-state index >= 15 is 0 Å². The normalized spacial score (nSPS) is 11.1. The van der Waals surface area contributed by atoms with Crippen LogP contribution in [0.1, 0.15) is 67.2 Å². The zero-order chi connectivity index (χ0) is 27.2. The van der Waals surface area contributed by atoms with Gasteiger partial charge in [-0.25, -0.2) is 0 Å². The molecule has 0 N–H and O–H groups in total. The average Bonchev–Trinajstić information content (AvgIpc) is 3.48. The summed E-state index contributed by atoms with van der Waals surface area (Å²) in [4.78, 5) is 0. The molecule has 0 aliphatic rings. The second-order valence-corrected chi connectivity index (χ2v) is 19.7. The Morgan fingerprint density at radius 3 is 1.51 bits per heavy atom. The van der Waals surface area contributed by atoms with Crippen molar-refractivity contribution in [3.63, 3.8) is 0 Å². The van der Waals surface area contributed by atoms with Crippen molar-refractivity contribution in [2.45, 2.75) is 78.5 Å². The van der Waals surface area contributed by atoms with Gasteiger partial charge < -0.3 is 0 Å². The van der Waals surface area contributed by atoms with E-state index in [2.05, 4.69) is 114 Å². The van der Waals surface area contributed by atoms with Gasteiger partial charge in [-0.1, -0.05) is 82.4 Å². The standard InChI is InChI=1S/C17H24P.C15H20P.2ClH.Zr/c1-3-5-11-18(12-6-4-2)17-13-15-9-7-8-10-16(15)14-17;1-11(2)16(12(3)4)15-9-13-7-5-6-8-14(13)10-15;;;/h7-10,13-14H,3-6,11-12H2,1-2H3;5-12H,1-4H3;2*1H;/q2*-1;;;+4/p-2. The third-order valence-electron chi connectivity index (χ3n) is 6.54.